The molecular weight excluding hydrogens is 280 g/mol. The molecule has 5 heteroatoms. The highest BCUT2D eigenvalue weighted by molar-refractivity contribution is 7.99. The molecule has 0 aliphatic rings. The van der Waals surface area contributed by atoms with Gasteiger partial charge < -0.3 is 5.32 Å². The van der Waals surface area contributed by atoms with Gasteiger partial charge >= 0.3 is 0 Å². The van der Waals surface area contributed by atoms with Crippen molar-refractivity contribution in [1.82, 2.24) is 20.3 Å². The first-order valence-corrected chi connectivity index (χ1v) is 8.63. The second-order valence-corrected chi connectivity index (χ2v) is 6.21. The van der Waals surface area contributed by atoms with Crippen LogP contribution in [0.25, 0.3) is 0 Å². The van der Waals surface area contributed by atoms with Crippen LogP contribution < -0.4 is 5.32 Å². The molecule has 0 bridgehead atoms. The van der Waals surface area contributed by atoms with Gasteiger partial charge in [0.05, 0.1) is 17.9 Å². The van der Waals surface area contributed by atoms with E-state index < -0.39 is 0 Å². The lowest BCUT2D eigenvalue weighted by atomic mass is 10.0. The van der Waals surface area contributed by atoms with Gasteiger partial charge in [-0.2, -0.15) is 0 Å². The van der Waals surface area contributed by atoms with Gasteiger partial charge in [0.1, 0.15) is 0 Å². The Morgan fingerprint density at radius 1 is 1.19 bits per heavy atom. The Balaban J connectivity index is 2.27. The first-order valence-electron chi connectivity index (χ1n) is 7.64. The lowest BCUT2D eigenvalue weighted by Crippen LogP contribution is -2.25. The van der Waals surface area contributed by atoms with E-state index in [1.54, 1.807) is 0 Å². The zero-order chi connectivity index (χ0) is 15.1. The predicted molar refractivity (Wildman–Crippen MR) is 88.7 cm³/mol. The van der Waals surface area contributed by atoms with Crippen LogP contribution in [-0.2, 0) is 6.54 Å². The summed E-state index contributed by atoms with van der Waals surface area (Å²) in [6.45, 7) is 8.27. The minimum absolute atomic E-state index is 0.150. The molecule has 0 aliphatic heterocycles. The monoisotopic (exact) mass is 304 g/mol. The third-order valence-electron chi connectivity index (χ3n) is 3.31. The molecule has 1 aromatic carbocycles. The zero-order valence-corrected chi connectivity index (χ0v) is 13.9. The van der Waals surface area contributed by atoms with Crippen LogP contribution in [0.15, 0.2) is 35.4 Å². The fourth-order valence-corrected chi connectivity index (χ4v) is 3.06. The molecule has 114 valence electrons. The fourth-order valence-electron chi connectivity index (χ4n) is 2.40. The lowest BCUT2D eigenvalue weighted by molar-refractivity contribution is 0.511. The number of nitrogens with zero attached hydrogens (tertiary/aromatic N) is 3. The second-order valence-electron chi connectivity index (χ2n) is 4.87. The molecule has 0 radical (unpaired) electrons. The number of benzene rings is 1. The molecule has 0 fully saturated rings. The summed E-state index contributed by atoms with van der Waals surface area (Å²) in [5.74, 6) is 1.10. The van der Waals surface area contributed by atoms with Crippen molar-refractivity contribution in [1.29, 1.82) is 0 Å². The van der Waals surface area contributed by atoms with Gasteiger partial charge in [-0.25, -0.2) is 4.68 Å². The van der Waals surface area contributed by atoms with Crippen LogP contribution in [-0.4, -0.2) is 27.3 Å². The Morgan fingerprint density at radius 2 is 1.95 bits per heavy atom. The maximum atomic E-state index is 4.20. The van der Waals surface area contributed by atoms with E-state index in [1.807, 2.05) is 22.6 Å². The number of rotatable bonds is 8. The van der Waals surface area contributed by atoms with E-state index in [4.69, 9.17) is 0 Å². The molecule has 1 heterocycles. The molecule has 0 amide bonds. The minimum atomic E-state index is 0.150. The number of aryl methyl sites for hydroxylation is 1. The van der Waals surface area contributed by atoms with Gasteiger partial charge in [-0.1, -0.05) is 38.1 Å². The zero-order valence-electron chi connectivity index (χ0n) is 13.0. The summed E-state index contributed by atoms with van der Waals surface area (Å²) < 4.78 is 2.00. The van der Waals surface area contributed by atoms with Crippen molar-refractivity contribution >= 4 is 11.8 Å². The van der Waals surface area contributed by atoms with E-state index in [9.17, 15) is 0 Å². The average Bonchev–Trinajstić information content (AvgIpc) is 2.95. The quantitative estimate of drug-likeness (QED) is 0.758. The normalized spacial score (nSPS) is 12.5. The predicted octanol–water partition coefficient (Wildman–Crippen LogP) is 3.50. The van der Waals surface area contributed by atoms with E-state index in [2.05, 4.69) is 60.7 Å². The third kappa shape index (κ3) is 4.08. The van der Waals surface area contributed by atoms with Crippen molar-refractivity contribution in [2.75, 3.05) is 12.3 Å². The fraction of sp³-hybridized carbons (Fsp3) is 0.500. The molecule has 0 aliphatic carbocycles. The van der Waals surface area contributed by atoms with Crippen LogP contribution in [0.2, 0.25) is 0 Å². The molecule has 0 saturated heterocycles. The molecule has 0 saturated carbocycles. The highest BCUT2D eigenvalue weighted by Crippen LogP contribution is 2.25. The number of hydrogen-bond donors (Lipinski definition) is 1. The lowest BCUT2D eigenvalue weighted by Gasteiger charge is -2.19. The van der Waals surface area contributed by atoms with Crippen LogP contribution in [0.5, 0.6) is 0 Å². The van der Waals surface area contributed by atoms with E-state index in [0.717, 1.165) is 31.0 Å². The molecular formula is C16H24N4S. The van der Waals surface area contributed by atoms with Crippen molar-refractivity contribution in [2.24, 2.45) is 0 Å². The molecule has 0 spiro atoms. The maximum absolute atomic E-state index is 4.20. The Bertz CT molecular complexity index is 535. The highest BCUT2D eigenvalue weighted by Gasteiger charge is 2.18. The van der Waals surface area contributed by atoms with Crippen LogP contribution >= 0.6 is 11.8 Å². The van der Waals surface area contributed by atoms with E-state index >= 15 is 0 Å². The van der Waals surface area contributed by atoms with Crippen LogP contribution in [0.1, 0.15) is 44.5 Å². The van der Waals surface area contributed by atoms with Crippen molar-refractivity contribution in [2.45, 2.75) is 44.7 Å². The Labute approximate surface area is 131 Å². The molecule has 4 nitrogen and oxygen atoms in total. The largest absolute Gasteiger partial charge is 0.305 e. The smallest absolute Gasteiger partial charge is 0.0801 e. The standard InChI is InChI=1S/C16H24N4S/c1-4-11-20-15(12-18-19-20)16(17-5-2)13-7-9-14(10-8-13)21-6-3/h7-10,12,16-17H,4-6,11H2,1-3H3. The summed E-state index contributed by atoms with van der Waals surface area (Å²) in [6.07, 6.45) is 2.93. The summed E-state index contributed by atoms with van der Waals surface area (Å²) in [5.41, 5.74) is 2.39. The Kier molecular flexibility index (Phi) is 6.26. The minimum Gasteiger partial charge on any atom is -0.305 e. The van der Waals surface area contributed by atoms with Gasteiger partial charge in [0, 0.05) is 11.4 Å². The summed E-state index contributed by atoms with van der Waals surface area (Å²) in [6, 6.07) is 8.95. The van der Waals surface area contributed by atoms with Gasteiger partial charge in [0.15, 0.2) is 0 Å². The molecule has 1 atom stereocenters. The van der Waals surface area contributed by atoms with Gasteiger partial charge in [-0.15, -0.1) is 16.9 Å². The van der Waals surface area contributed by atoms with Gasteiger partial charge in [-0.05, 0) is 36.4 Å². The van der Waals surface area contributed by atoms with Crippen LogP contribution in [0, 0.1) is 0 Å². The van der Waals surface area contributed by atoms with Crippen molar-refractivity contribution in [3.05, 3.63) is 41.7 Å². The van der Waals surface area contributed by atoms with Crippen molar-refractivity contribution < 1.29 is 0 Å². The van der Waals surface area contributed by atoms with E-state index in [-0.39, 0.29) is 6.04 Å². The maximum Gasteiger partial charge on any atom is 0.0801 e. The van der Waals surface area contributed by atoms with Gasteiger partial charge in [0.25, 0.3) is 0 Å². The number of hydrogen-bond acceptors (Lipinski definition) is 4. The van der Waals surface area contributed by atoms with Gasteiger partial charge in [0.2, 0.25) is 0 Å². The molecule has 1 unspecified atom stereocenters. The molecule has 1 N–H and O–H groups in total. The molecule has 2 rings (SSSR count). The third-order valence-corrected chi connectivity index (χ3v) is 4.21. The van der Waals surface area contributed by atoms with Crippen molar-refractivity contribution in [3.63, 3.8) is 0 Å². The molecule has 1 aromatic heterocycles. The Morgan fingerprint density at radius 3 is 2.57 bits per heavy atom. The van der Waals surface area contributed by atoms with Crippen molar-refractivity contribution in [3.8, 4) is 0 Å². The van der Waals surface area contributed by atoms with E-state index in [1.165, 1.54) is 10.5 Å². The number of aromatic nitrogens is 3. The summed E-state index contributed by atoms with van der Waals surface area (Å²) in [4.78, 5) is 1.32. The van der Waals surface area contributed by atoms with Gasteiger partial charge in [-0.3, -0.25) is 0 Å². The summed E-state index contributed by atoms with van der Waals surface area (Å²) in [5, 5.41) is 11.8. The van der Waals surface area contributed by atoms with E-state index in [0.29, 0.717) is 0 Å². The topological polar surface area (TPSA) is 42.7 Å². The van der Waals surface area contributed by atoms with Crippen LogP contribution in [0.3, 0.4) is 0 Å². The molecule has 2 aromatic rings. The summed E-state index contributed by atoms with van der Waals surface area (Å²) >= 11 is 1.87. The second kappa shape index (κ2) is 8.20. The Hall–Kier alpha value is -1.33. The first-order chi connectivity index (χ1) is 10.3. The number of thioether (sulfide) groups is 1. The average molecular weight is 304 g/mol. The SMILES string of the molecule is CCCn1nncc1C(NCC)c1ccc(SCC)cc1. The highest BCUT2D eigenvalue weighted by atomic mass is 32.2. The molecule has 21 heavy (non-hydrogen) atoms. The summed E-state index contributed by atoms with van der Waals surface area (Å²) in [7, 11) is 0. The number of nitrogens with one attached hydrogen (secondary N) is 1. The first kappa shape index (κ1) is 16.0. The van der Waals surface area contributed by atoms with Crippen LogP contribution in [0.4, 0.5) is 0 Å².